The van der Waals surface area contributed by atoms with Crippen molar-refractivity contribution in [2.45, 2.75) is 44.3 Å². The molecule has 2 aliphatic carbocycles. The first-order valence-corrected chi connectivity index (χ1v) is 13.1. The van der Waals surface area contributed by atoms with Crippen LogP contribution in [0.25, 0.3) is 33.5 Å². The van der Waals surface area contributed by atoms with E-state index in [-0.39, 0.29) is 18.0 Å². The van der Waals surface area contributed by atoms with Crippen molar-refractivity contribution in [1.82, 2.24) is 19.0 Å². The summed E-state index contributed by atoms with van der Waals surface area (Å²) < 4.78 is 10.1. The van der Waals surface area contributed by atoms with Gasteiger partial charge in [-0.15, -0.1) is 0 Å². The van der Waals surface area contributed by atoms with E-state index < -0.39 is 0 Å². The predicted molar refractivity (Wildman–Crippen MR) is 141 cm³/mol. The quantitative estimate of drug-likeness (QED) is 0.451. The second-order valence-electron chi connectivity index (χ2n) is 10.9. The number of aromatic nitrogens is 3. The number of likely N-dealkylation sites (tertiary alicyclic amines) is 1. The zero-order valence-corrected chi connectivity index (χ0v) is 21.1. The van der Waals surface area contributed by atoms with E-state index in [2.05, 4.69) is 21.3 Å². The predicted octanol–water partition coefficient (Wildman–Crippen LogP) is 4.05. The van der Waals surface area contributed by atoms with Crippen molar-refractivity contribution in [3.8, 4) is 23.3 Å². The summed E-state index contributed by atoms with van der Waals surface area (Å²) in [6, 6.07) is 14.2. The fourth-order valence-corrected chi connectivity index (χ4v) is 6.53. The summed E-state index contributed by atoms with van der Waals surface area (Å²) in [6.07, 6.45) is 4.53. The standard InChI is InChI=1S/C29H30N6O2/c1-33-27-21(10-20(12-25(27)37-2)29(36)35-15-19-7-8-22(35)26(19)31)32-28(33)24-11-18-6-5-17(13-30)9-23(18)34(24)14-16-3-4-16/h5-6,9-12,16,19,22,26H,3-4,7-8,14-15,31H2,1-2H3/t19-,22?,26+/m1/s1. The normalized spacial score (nSPS) is 22.8. The number of amides is 1. The molecule has 8 nitrogen and oxygen atoms in total. The third kappa shape index (κ3) is 3.37. The second-order valence-corrected chi connectivity index (χ2v) is 10.9. The van der Waals surface area contributed by atoms with E-state index in [0.717, 1.165) is 59.4 Å². The van der Waals surface area contributed by atoms with E-state index in [4.69, 9.17) is 15.5 Å². The molecular formula is C29H30N6O2. The number of nitriles is 1. The Kier molecular flexibility index (Phi) is 4.89. The Morgan fingerprint density at radius 3 is 2.70 bits per heavy atom. The van der Waals surface area contributed by atoms with Crippen molar-refractivity contribution < 1.29 is 9.53 Å². The van der Waals surface area contributed by atoms with Crippen LogP contribution in [0.1, 0.15) is 41.6 Å². The Morgan fingerprint density at radius 2 is 2.03 bits per heavy atom. The van der Waals surface area contributed by atoms with Crippen molar-refractivity contribution in [3.05, 3.63) is 47.5 Å². The Bertz CT molecular complexity index is 1620. The van der Waals surface area contributed by atoms with Gasteiger partial charge in [0, 0.05) is 48.7 Å². The van der Waals surface area contributed by atoms with E-state index in [9.17, 15) is 10.1 Å². The fraction of sp³-hybridized carbons (Fsp3) is 0.414. The van der Waals surface area contributed by atoms with Gasteiger partial charge in [-0.2, -0.15) is 5.26 Å². The molecule has 3 heterocycles. The minimum atomic E-state index is 0.00179. The average Bonchev–Trinajstić information content (AvgIpc) is 3.32. The molecule has 1 unspecified atom stereocenters. The molecule has 7 rings (SSSR count). The second kappa shape index (κ2) is 8.09. The van der Waals surface area contributed by atoms with Crippen LogP contribution >= 0.6 is 0 Å². The summed E-state index contributed by atoms with van der Waals surface area (Å²) >= 11 is 0. The number of fused-ring (bicyclic) bond motifs is 4. The van der Waals surface area contributed by atoms with Crippen LogP contribution < -0.4 is 10.5 Å². The molecule has 37 heavy (non-hydrogen) atoms. The number of ether oxygens (including phenoxy) is 1. The van der Waals surface area contributed by atoms with Gasteiger partial charge in [-0.1, -0.05) is 6.07 Å². The topological polar surface area (TPSA) is 102 Å². The maximum absolute atomic E-state index is 13.6. The van der Waals surface area contributed by atoms with Crippen LogP contribution in [0.2, 0.25) is 0 Å². The molecule has 1 amide bonds. The van der Waals surface area contributed by atoms with Crippen LogP contribution in [0, 0.1) is 23.2 Å². The van der Waals surface area contributed by atoms with Gasteiger partial charge >= 0.3 is 0 Å². The van der Waals surface area contributed by atoms with Crippen LogP contribution in [0.4, 0.5) is 0 Å². The van der Waals surface area contributed by atoms with E-state index in [1.165, 1.54) is 12.8 Å². The summed E-state index contributed by atoms with van der Waals surface area (Å²) in [5.74, 6) is 2.50. The highest BCUT2D eigenvalue weighted by Crippen LogP contribution is 2.40. The molecular weight excluding hydrogens is 464 g/mol. The molecule has 3 fully saturated rings. The van der Waals surface area contributed by atoms with Crippen molar-refractivity contribution in [1.29, 1.82) is 5.26 Å². The van der Waals surface area contributed by atoms with Crippen LogP contribution in [0.3, 0.4) is 0 Å². The number of piperidine rings is 1. The lowest BCUT2D eigenvalue weighted by molar-refractivity contribution is 0.0700. The van der Waals surface area contributed by atoms with E-state index in [1.807, 2.05) is 42.3 Å². The maximum Gasteiger partial charge on any atom is 0.254 e. The molecule has 2 aromatic heterocycles. The fourth-order valence-electron chi connectivity index (χ4n) is 6.53. The Hall–Kier alpha value is -3.83. The van der Waals surface area contributed by atoms with Gasteiger partial charge in [0.15, 0.2) is 5.82 Å². The van der Waals surface area contributed by atoms with Gasteiger partial charge in [-0.25, -0.2) is 4.98 Å². The Balaban J connectivity index is 1.36. The molecule has 0 spiro atoms. The number of carbonyl (C=O) groups excluding carboxylic acids is 1. The molecule has 2 aromatic carbocycles. The van der Waals surface area contributed by atoms with Gasteiger partial charge in [0.05, 0.1) is 30.0 Å². The van der Waals surface area contributed by atoms with Crippen LogP contribution in [-0.2, 0) is 13.6 Å². The summed E-state index contributed by atoms with van der Waals surface area (Å²) in [4.78, 5) is 20.6. The average molecular weight is 495 g/mol. The van der Waals surface area contributed by atoms with Crippen LogP contribution in [-0.4, -0.2) is 50.7 Å². The van der Waals surface area contributed by atoms with Gasteiger partial charge in [-0.3, -0.25) is 4.79 Å². The highest BCUT2D eigenvalue weighted by molar-refractivity contribution is 6.00. The molecule has 2 saturated carbocycles. The van der Waals surface area contributed by atoms with Crippen LogP contribution in [0.15, 0.2) is 36.4 Å². The third-order valence-electron chi connectivity index (χ3n) is 8.72. The molecule has 3 aliphatic rings. The first-order valence-electron chi connectivity index (χ1n) is 13.1. The molecule has 0 radical (unpaired) electrons. The Labute approximate surface area is 215 Å². The lowest BCUT2D eigenvalue weighted by Crippen LogP contribution is -2.41. The van der Waals surface area contributed by atoms with Gasteiger partial charge in [-0.05, 0) is 67.9 Å². The monoisotopic (exact) mass is 494 g/mol. The van der Waals surface area contributed by atoms with Crippen molar-refractivity contribution in [3.63, 3.8) is 0 Å². The lowest BCUT2D eigenvalue weighted by atomic mass is 10.1. The highest BCUT2D eigenvalue weighted by Gasteiger charge is 2.47. The van der Waals surface area contributed by atoms with Gasteiger partial charge in [0.25, 0.3) is 5.91 Å². The maximum atomic E-state index is 13.6. The molecule has 2 bridgehead atoms. The number of nitrogens with zero attached hydrogens (tertiary/aromatic N) is 5. The molecule has 2 N–H and O–H groups in total. The largest absolute Gasteiger partial charge is 0.494 e. The number of benzene rings is 2. The van der Waals surface area contributed by atoms with Crippen molar-refractivity contribution in [2.24, 2.45) is 24.6 Å². The number of nitrogens with two attached hydrogens (primary N) is 1. The highest BCUT2D eigenvalue weighted by atomic mass is 16.5. The minimum absolute atomic E-state index is 0.00179. The summed E-state index contributed by atoms with van der Waals surface area (Å²) in [7, 11) is 3.63. The van der Waals surface area contributed by atoms with Gasteiger partial charge in [0.1, 0.15) is 11.3 Å². The number of aryl methyl sites for hydroxylation is 1. The first kappa shape index (κ1) is 22.4. The number of imidazole rings is 1. The van der Waals surface area contributed by atoms with E-state index in [1.54, 1.807) is 7.11 Å². The van der Waals surface area contributed by atoms with Crippen LogP contribution in [0.5, 0.6) is 5.75 Å². The smallest absolute Gasteiger partial charge is 0.254 e. The van der Waals surface area contributed by atoms with Gasteiger partial charge < -0.3 is 24.5 Å². The molecule has 3 atom stereocenters. The number of hydrogen-bond donors (Lipinski definition) is 1. The summed E-state index contributed by atoms with van der Waals surface area (Å²) in [6.45, 7) is 1.63. The molecule has 1 aliphatic heterocycles. The zero-order chi connectivity index (χ0) is 25.4. The summed E-state index contributed by atoms with van der Waals surface area (Å²) in [5.41, 5.74) is 11.3. The molecule has 1 saturated heterocycles. The SMILES string of the molecule is COc1cc(C(=O)N2C[C@H]3CCC2[C@H]3N)cc2nc(-c3cc4ccc(C#N)cc4n3CC3CC3)n(C)c12. The number of carbonyl (C=O) groups is 1. The first-order chi connectivity index (χ1) is 18.0. The number of methoxy groups -OCH3 is 1. The third-order valence-corrected chi connectivity index (χ3v) is 8.72. The number of rotatable bonds is 5. The summed E-state index contributed by atoms with van der Waals surface area (Å²) in [5, 5.41) is 10.6. The van der Waals surface area contributed by atoms with Gasteiger partial charge in [0.2, 0.25) is 0 Å². The molecule has 188 valence electrons. The van der Waals surface area contributed by atoms with Crippen molar-refractivity contribution >= 4 is 27.8 Å². The minimum Gasteiger partial charge on any atom is -0.494 e. The Morgan fingerprint density at radius 1 is 1.19 bits per heavy atom. The van der Waals surface area contributed by atoms with E-state index in [0.29, 0.717) is 28.7 Å². The molecule has 4 aromatic rings. The van der Waals surface area contributed by atoms with E-state index >= 15 is 0 Å². The van der Waals surface area contributed by atoms with Crippen molar-refractivity contribution in [2.75, 3.05) is 13.7 Å². The number of hydrogen-bond acceptors (Lipinski definition) is 5. The zero-order valence-electron chi connectivity index (χ0n) is 21.1. The lowest BCUT2D eigenvalue weighted by Gasteiger charge is -2.27. The molecule has 8 heteroatoms.